The molecule has 1 aliphatic carbocycles. The van der Waals surface area contributed by atoms with E-state index in [0.29, 0.717) is 52.0 Å². The normalized spacial score (nSPS) is 19.6. The number of aryl methyl sites for hydroxylation is 2. The van der Waals surface area contributed by atoms with Crippen molar-refractivity contribution in [2.75, 3.05) is 32.8 Å². The van der Waals surface area contributed by atoms with E-state index in [1.807, 2.05) is 13.8 Å². The van der Waals surface area contributed by atoms with Crippen molar-refractivity contribution < 1.29 is 22.3 Å². The Hall–Kier alpha value is -2.29. The third-order valence-electron chi connectivity index (χ3n) is 7.33. The number of ether oxygens (including phenoxy) is 1. The highest BCUT2D eigenvalue weighted by atomic mass is 32.2. The molecule has 4 rings (SSSR count). The van der Waals surface area contributed by atoms with Crippen LogP contribution >= 0.6 is 0 Å². The summed E-state index contributed by atoms with van der Waals surface area (Å²) in [5.41, 5.74) is 2.77. The molecular formula is C26H33FN2O4S. The maximum atomic E-state index is 13.8. The summed E-state index contributed by atoms with van der Waals surface area (Å²) < 4.78 is 45.1. The Labute approximate surface area is 201 Å². The molecule has 0 spiro atoms. The fraction of sp³-hybridized carbons (Fsp3) is 0.500. The molecule has 8 heteroatoms. The minimum atomic E-state index is -3.88. The molecular weight excluding hydrogens is 455 g/mol. The second kappa shape index (κ2) is 10.1. The summed E-state index contributed by atoms with van der Waals surface area (Å²) in [6, 6.07) is 11.1. The van der Waals surface area contributed by atoms with E-state index in [9.17, 15) is 17.6 Å². The molecule has 2 fully saturated rings. The largest absolute Gasteiger partial charge is 0.379 e. The van der Waals surface area contributed by atoms with Crippen LogP contribution in [0.1, 0.15) is 48.4 Å². The van der Waals surface area contributed by atoms with Crippen molar-refractivity contribution in [1.82, 2.24) is 10.2 Å². The molecule has 0 unspecified atom stereocenters. The van der Waals surface area contributed by atoms with Crippen LogP contribution in [-0.2, 0) is 19.4 Å². The van der Waals surface area contributed by atoms with E-state index in [4.69, 9.17) is 4.74 Å². The van der Waals surface area contributed by atoms with Crippen LogP contribution in [0.4, 0.5) is 4.39 Å². The predicted molar refractivity (Wildman–Crippen MR) is 129 cm³/mol. The fourth-order valence-corrected chi connectivity index (χ4v) is 7.23. The maximum Gasteiger partial charge on any atom is 0.241 e. The zero-order valence-corrected chi connectivity index (χ0v) is 20.7. The lowest BCUT2D eigenvalue weighted by molar-refractivity contribution is -0.123. The number of hydrogen-bond donors (Lipinski definition) is 1. The Balaban J connectivity index is 1.59. The minimum Gasteiger partial charge on any atom is -0.379 e. The smallest absolute Gasteiger partial charge is 0.241 e. The van der Waals surface area contributed by atoms with Crippen molar-refractivity contribution >= 4 is 15.7 Å². The molecule has 1 saturated heterocycles. The molecule has 1 saturated carbocycles. The Morgan fingerprint density at radius 3 is 2.32 bits per heavy atom. The number of carbonyl (C=O) groups excluding carboxylic acids is 1. The first kappa shape index (κ1) is 24.8. The number of carbonyl (C=O) groups is 1. The standard InChI is InChI=1S/C26H33FN2O4S/c1-19-5-10-23(17-20(19)2)34(31,32)26(11-3-4-12-26)25(30)28-18-24(29-13-15-33-16-14-29)21-6-8-22(27)9-7-21/h5-10,17,24H,3-4,11-16,18H2,1-2H3,(H,28,30)/t24-/m1/s1. The number of halogens is 1. The highest BCUT2D eigenvalue weighted by Crippen LogP contribution is 2.41. The van der Waals surface area contributed by atoms with E-state index in [0.717, 1.165) is 16.7 Å². The second-order valence-electron chi connectivity index (χ2n) is 9.38. The Morgan fingerprint density at radius 1 is 1.06 bits per heavy atom. The molecule has 1 aliphatic heterocycles. The number of morpholine rings is 1. The second-order valence-corrected chi connectivity index (χ2v) is 11.6. The monoisotopic (exact) mass is 488 g/mol. The Kier molecular flexibility index (Phi) is 7.40. The van der Waals surface area contributed by atoms with Crippen LogP contribution in [0.5, 0.6) is 0 Å². The van der Waals surface area contributed by atoms with Gasteiger partial charge in [-0.25, -0.2) is 12.8 Å². The molecule has 0 radical (unpaired) electrons. The lowest BCUT2D eigenvalue weighted by Crippen LogP contribution is -2.53. The van der Waals surface area contributed by atoms with E-state index in [1.165, 1.54) is 12.1 Å². The molecule has 1 amide bonds. The lowest BCUT2D eigenvalue weighted by Gasteiger charge is -2.36. The first-order valence-corrected chi connectivity index (χ1v) is 13.4. The number of benzene rings is 2. The van der Waals surface area contributed by atoms with Gasteiger partial charge in [-0.05, 0) is 67.6 Å². The molecule has 2 aromatic carbocycles. The fourth-order valence-electron chi connectivity index (χ4n) is 5.05. The zero-order valence-electron chi connectivity index (χ0n) is 19.8. The van der Waals surface area contributed by atoms with Gasteiger partial charge in [-0.3, -0.25) is 9.69 Å². The van der Waals surface area contributed by atoms with Crippen molar-refractivity contribution in [3.8, 4) is 0 Å². The molecule has 1 atom stereocenters. The van der Waals surface area contributed by atoms with Crippen LogP contribution in [0.2, 0.25) is 0 Å². The molecule has 1 heterocycles. The quantitative estimate of drug-likeness (QED) is 0.643. The summed E-state index contributed by atoms with van der Waals surface area (Å²) in [5, 5.41) is 2.98. The summed E-state index contributed by atoms with van der Waals surface area (Å²) in [6.07, 6.45) is 2.02. The third-order valence-corrected chi connectivity index (χ3v) is 9.82. The van der Waals surface area contributed by atoms with Crippen molar-refractivity contribution in [3.63, 3.8) is 0 Å². The summed E-state index contributed by atoms with van der Waals surface area (Å²) in [6.45, 7) is 6.59. The minimum absolute atomic E-state index is 0.198. The van der Waals surface area contributed by atoms with Gasteiger partial charge in [0, 0.05) is 19.6 Å². The summed E-state index contributed by atoms with van der Waals surface area (Å²) in [5.74, 6) is -0.762. The molecule has 2 aromatic rings. The molecule has 0 aromatic heterocycles. The predicted octanol–water partition coefficient (Wildman–Crippen LogP) is 3.72. The van der Waals surface area contributed by atoms with Gasteiger partial charge in [0.05, 0.1) is 24.2 Å². The number of amides is 1. The first-order valence-electron chi connectivity index (χ1n) is 11.9. The summed E-state index contributed by atoms with van der Waals surface area (Å²) in [7, 11) is -3.88. The maximum absolute atomic E-state index is 13.8. The van der Waals surface area contributed by atoms with Crippen LogP contribution in [0.3, 0.4) is 0 Å². The van der Waals surface area contributed by atoms with Crippen LogP contribution in [0.25, 0.3) is 0 Å². The Morgan fingerprint density at radius 2 is 1.71 bits per heavy atom. The van der Waals surface area contributed by atoms with Crippen LogP contribution in [0, 0.1) is 19.7 Å². The summed E-state index contributed by atoms with van der Waals surface area (Å²) in [4.78, 5) is 16.0. The highest BCUT2D eigenvalue weighted by molar-refractivity contribution is 7.93. The highest BCUT2D eigenvalue weighted by Gasteiger charge is 2.53. The van der Waals surface area contributed by atoms with Gasteiger partial charge >= 0.3 is 0 Å². The molecule has 6 nitrogen and oxygen atoms in total. The van der Waals surface area contributed by atoms with Gasteiger partial charge in [-0.15, -0.1) is 0 Å². The molecule has 1 N–H and O–H groups in total. The van der Waals surface area contributed by atoms with Crippen molar-refractivity contribution in [3.05, 3.63) is 65.0 Å². The van der Waals surface area contributed by atoms with Crippen LogP contribution in [-0.4, -0.2) is 56.8 Å². The molecule has 0 bridgehead atoms. The van der Waals surface area contributed by atoms with E-state index >= 15 is 0 Å². The van der Waals surface area contributed by atoms with Gasteiger partial charge < -0.3 is 10.1 Å². The number of hydrogen-bond acceptors (Lipinski definition) is 5. The molecule has 34 heavy (non-hydrogen) atoms. The van der Waals surface area contributed by atoms with Crippen molar-refractivity contribution in [2.45, 2.75) is 55.2 Å². The van der Waals surface area contributed by atoms with Gasteiger partial charge in [-0.2, -0.15) is 0 Å². The van der Waals surface area contributed by atoms with E-state index in [-0.39, 0.29) is 23.3 Å². The topological polar surface area (TPSA) is 75.7 Å². The van der Waals surface area contributed by atoms with Crippen molar-refractivity contribution in [2.24, 2.45) is 0 Å². The van der Waals surface area contributed by atoms with Crippen LogP contribution in [0.15, 0.2) is 47.4 Å². The van der Waals surface area contributed by atoms with E-state index in [1.54, 1.807) is 30.3 Å². The molecule has 2 aliphatic rings. The number of sulfone groups is 1. The first-order chi connectivity index (χ1) is 16.2. The van der Waals surface area contributed by atoms with Crippen molar-refractivity contribution in [1.29, 1.82) is 0 Å². The number of nitrogens with zero attached hydrogens (tertiary/aromatic N) is 1. The summed E-state index contributed by atoms with van der Waals surface area (Å²) >= 11 is 0. The van der Waals surface area contributed by atoms with E-state index < -0.39 is 20.5 Å². The van der Waals surface area contributed by atoms with Gasteiger partial charge in [0.1, 0.15) is 5.82 Å². The SMILES string of the molecule is Cc1ccc(S(=O)(=O)C2(C(=O)NC[C@H](c3ccc(F)cc3)N3CCOCC3)CCCC2)cc1C. The third kappa shape index (κ3) is 4.76. The van der Waals surface area contributed by atoms with Crippen LogP contribution < -0.4 is 5.32 Å². The Bertz CT molecular complexity index is 1120. The zero-order chi connectivity index (χ0) is 24.3. The van der Waals surface area contributed by atoms with E-state index in [2.05, 4.69) is 10.2 Å². The van der Waals surface area contributed by atoms with Gasteiger partial charge in [-0.1, -0.05) is 31.0 Å². The lowest BCUT2D eigenvalue weighted by atomic mass is 10.0. The average molecular weight is 489 g/mol. The molecule has 184 valence electrons. The number of rotatable bonds is 7. The van der Waals surface area contributed by atoms with Gasteiger partial charge in [0.15, 0.2) is 14.6 Å². The number of nitrogens with one attached hydrogen (secondary N) is 1. The average Bonchev–Trinajstić information content (AvgIpc) is 3.35. The van der Waals surface area contributed by atoms with Gasteiger partial charge in [0.25, 0.3) is 0 Å². The van der Waals surface area contributed by atoms with Gasteiger partial charge in [0.2, 0.25) is 5.91 Å².